The zero-order valence-corrected chi connectivity index (χ0v) is 10.8. The first-order chi connectivity index (χ1) is 8.56. The van der Waals surface area contributed by atoms with Crippen LogP contribution in [-0.2, 0) is 6.54 Å². The molecule has 0 atom stereocenters. The Morgan fingerprint density at radius 3 is 2.39 bits per heavy atom. The standard InChI is InChI=1S/C13H11Cl2NO2/c14-9-1-3-12(17)8(5-9)7-16-10-2-4-13(18)11(15)6-10/h1-6,16-18H,7H2. The van der Waals surface area contributed by atoms with Crippen LogP contribution in [-0.4, -0.2) is 10.2 Å². The summed E-state index contributed by atoms with van der Waals surface area (Å²) in [6.07, 6.45) is 0. The lowest BCUT2D eigenvalue weighted by Crippen LogP contribution is -1.99. The molecule has 2 aromatic carbocycles. The van der Waals surface area contributed by atoms with Crippen LogP contribution in [0.25, 0.3) is 0 Å². The maximum absolute atomic E-state index is 9.65. The quantitative estimate of drug-likeness (QED) is 0.746. The van der Waals surface area contributed by atoms with E-state index in [1.54, 1.807) is 30.3 Å². The van der Waals surface area contributed by atoms with E-state index >= 15 is 0 Å². The van der Waals surface area contributed by atoms with Gasteiger partial charge in [0.2, 0.25) is 0 Å². The van der Waals surface area contributed by atoms with Gasteiger partial charge in [-0.1, -0.05) is 23.2 Å². The van der Waals surface area contributed by atoms with Gasteiger partial charge in [0.1, 0.15) is 11.5 Å². The predicted molar refractivity (Wildman–Crippen MR) is 73.6 cm³/mol. The van der Waals surface area contributed by atoms with Crippen molar-refractivity contribution in [3.63, 3.8) is 0 Å². The Morgan fingerprint density at radius 2 is 1.67 bits per heavy atom. The number of phenolic OH excluding ortho intramolecular Hbond substituents is 2. The van der Waals surface area contributed by atoms with Crippen LogP contribution >= 0.6 is 23.2 Å². The molecule has 0 spiro atoms. The lowest BCUT2D eigenvalue weighted by atomic mass is 10.2. The normalized spacial score (nSPS) is 10.3. The van der Waals surface area contributed by atoms with Crippen LogP contribution in [0, 0.1) is 0 Å². The van der Waals surface area contributed by atoms with Gasteiger partial charge in [0.25, 0.3) is 0 Å². The summed E-state index contributed by atoms with van der Waals surface area (Å²) >= 11 is 11.6. The maximum Gasteiger partial charge on any atom is 0.134 e. The van der Waals surface area contributed by atoms with Gasteiger partial charge in [-0.2, -0.15) is 0 Å². The van der Waals surface area contributed by atoms with Crippen LogP contribution in [0.5, 0.6) is 11.5 Å². The van der Waals surface area contributed by atoms with Crippen LogP contribution in [0.3, 0.4) is 0 Å². The largest absolute Gasteiger partial charge is 0.508 e. The molecule has 0 heterocycles. The third kappa shape index (κ3) is 3.00. The zero-order valence-electron chi connectivity index (χ0n) is 9.32. The van der Waals surface area contributed by atoms with E-state index in [4.69, 9.17) is 23.2 Å². The summed E-state index contributed by atoms with van der Waals surface area (Å²) in [6.45, 7) is 0.410. The average Bonchev–Trinajstić information content (AvgIpc) is 2.34. The van der Waals surface area contributed by atoms with Crippen molar-refractivity contribution >= 4 is 28.9 Å². The number of benzene rings is 2. The molecule has 5 heteroatoms. The van der Waals surface area contributed by atoms with Crippen molar-refractivity contribution in [2.75, 3.05) is 5.32 Å². The van der Waals surface area contributed by atoms with Crippen molar-refractivity contribution in [2.45, 2.75) is 6.54 Å². The summed E-state index contributed by atoms with van der Waals surface area (Å²) in [6, 6.07) is 9.66. The highest BCUT2D eigenvalue weighted by molar-refractivity contribution is 6.32. The maximum atomic E-state index is 9.65. The summed E-state index contributed by atoms with van der Waals surface area (Å²) in [5.74, 6) is 0.213. The number of phenols is 2. The Hall–Kier alpha value is -1.58. The topological polar surface area (TPSA) is 52.5 Å². The third-order valence-electron chi connectivity index (χ3n) is 2.47. The Kier molecular flexibility index (Phi) is 3.84. The molecule has 94 valence electrons. The van der Waals surface area contributed by atoms with Crippen molar-refractivity contribution in [3.05, 3.63) is 52.0 Å². The van der Waals surface area contributed by atoms with Crippen molar-refractivity contribution in [2.24, 2.45) is 0 Å². The smallest absolute Gasteiger partial charge is 0.134 e. The van der Waals surface area contributed by atoms with Gasteiger partial charge in [0.05, 0.1) is 5.02 Å². The first kappa shape index (κ1) is 12.9. The molecule has 2 aromatic rings. The van der Waals surface area contributed by atoms with E-state index in [0.29, 0.717) is 17.1 Å². The molecule has 0 aromatic heterocycles. The molecule has 0 aliphatic rings. The molecule has 0 saturated heterocycles. The first-order valence-electron chi connectivity index (χ1n) is 5.26. The van der Waals surface area contributed by atoms with Crippen LogP contribution in [0.15, 0.2) is 36.4 Å². The minimum absolute atomic E-state index is 0.0350. The molecule has 0 bridgehead atoms. The molecule has 18 heavy (non-hydrogen) atoms. The van der Waals surface area contributed by atoms with Crippen molar-refractivity contribution in [1.82, 2.24) is 0 Å². The van der Waals surface area contributed by atoms with Crippen LogP contribution < -0.4 is 5.32 Å². The van der Waals surface area contributed by atoms with Crippen molar-refractivity contribution in [1.29, 1.82) is 0 Å². The molecule has 0 fully saturated rings. The number of halogens is 2. The number of hydrogen-bond acceptors (Lipinski definition) is 3. The molecule has 2 rings (SSSR count). The fraction of sp³-hybridized carbons (Fsp3) is 0.0769. The number of anilines is 1. The summed E-state index contributed by atoms with van der Waals surface area (Å²) in [5, 5.41) is 22.9. The number of aromatic hydroxyl groups is 2. The monoisotopic (exact) mass is 283 g/mol. The van der Waals surface area contributed by atoms with E-state index in [9.17, 15) is 10.2 Å². The van der Waals surface area contributed by atoms with Crippen LogP contribution in [0.2, 0.25) is 10.0 Å². The van der Waals surface area contributed by atoms with Crippen LogP contribution in [0.1, 0.15) is 5.56 Å². The molecule has 0 unspecified atom stereocenters. The van der Waals surface area contributed by atoms with E-state index in [2.05, 4.69) is 5.32 Å². The third-order valence-corrected chi connectivity index (χ3v) is 3.01. The minimum Gasteiger partial charge on any atom is -0.508 e. The lowest BCUT2D eigenvalue weighted by molar-refractivity contribution is 0.469. The molecule has 0 radical (unpaired) electrons. The van der Waals surface area contributed by atoms with E-state index in [0.717, 1.165) is 5.69 Å². The highest BCUT2D eigenvalue weighted by Gasteiger charge is 2.03. The number of hydrogen-bond donors (Lipinski definition) is 3. The van der Waals surface area contributed by atoms with Crippen molar-refractivity contribution < 1.29 is 10.2 Å². The van der Waals surface area contributed by atoms with Gasteiger partial charge >= 0.3 is 0 Å². The molecule has 0 aliphatic carbocycles. The molecule has 0 aliphatic heterocycles. The van der Waals surface area contributed by atoms with Gasteiger partial charge in [0.15, 0.2) is 0 Å². The molecule has 3 N–H and O–H groups in total. The molecular weight excluding hydrogens is 273 g/mol. The van der Waals surface area contributed by atoms with Gasteiger partial charge in [-0.25, -0.2) is 0 Å². The van der Waals surface area contributed by atoms with Gasteiger partial charge < -0.3 is 15.5 Å². The molecule has 3 nitrogen and oxygen atoms in total. The Balaban J connectivity index is 2.11. The lowest BCUT2D eigenvalue weighted by Gasteiger charge is -2.09. The Morgan fingerprint density at radius 1 is 0.944 bits per heavy atom. The summed E-state index contributed by atoms with van der Waals surface area (Å²) < 4.78 is 0. The van der Waals surface area contributed by atoms with E-state index in [1.165, 1.54) is 6.07 Å². The summed E-state index contributed by atoms with van der Waals surface area (Å²) in [4.78, 5) is 0. The van der Waals surface area contributed by atoms with E-state index in [1.807, 2.05) is 0 Å². The van der Waals surface area contributed by atoms with Crippen molar-refractivity contribution in [3.8, 4) is 11.5 Å². The van der Waals surface area contributed by atoms with Gasteiger partial charge in [-0.15, -0.1) is 0 Å². The van der Waals surface area contributed by atoms with E-state index in [-0.39, 0.29) is 16.5 Å². The second kappa shape index (κ2) is 5.38. The number of rotatable bonds is 3. The fourth-order valence-electron chi connectivity index (χ4n) is 1.51. The second-order valence-corrected chi connectivity index (χ2v) is 4.64. The SMILES string of the molecule is Oc1ccc(NCc2cc(Cl)ccc2O)cc1Cl. The molecule has 0 amide bonds. The number of nitrogens with one attached hydrogen (secondary N) is 1. The Bertz CT molecular complexity index is 573. The summed E-state index contributed by atoms with van der Waals surface area (Å²) in [7, 11) is 0. The Labute approximate surface area is 115 Å². The zero-order chi connectivity index (χ0) is 13.1. The van der Waals surface area contributed by atoms with Crippen LogP contribution in [0.4, 0.5) is 5.69 Å². The fourth-order valence-corrected chi connectivity index (χ4v) is 1.89. The highest BCUT2D eigenvalue weighted by atomic mass is 35.5. The molecular formula is C13H11Cl2NO2. The highest BCUT2D eigenvalue weighted by Crippen LogP contribution is 2.27. The average molecular weight is 284 g/mol. The van der Waals surface area contributed by atoms with E-state index < -0.39 is 0 Å². The first-order valence-corrected chi connectivity index (χ1v) is 6.01. The summed E-state index contributed by atoms with van der Waals surface area (Å²) in [5.41, 5.74) is 1.43. The molecule has 0 saturated carbocycles. The van der Waals surface area contributed by atoms with Gasteiger partial charge in [0, 0.05) is 22.8 Å². The minimum atomic E-state index is 0.0350. The van der Waals surface area contributed by atoms with Gasteiger partial charge in [-0.05, 0) is 36.4 Å². The second-order valence-electron chi connectivity index (χ2n) is 3.79. The van der Waals surface area contributed by atoms with Gasteiger partial charge in [-0.3, -0.25) is 0 Å². The predicted octanol–water partition coefficient (Wildman–Crippen LogP) is 4.02.